The number of hydrogen-bond acceptors (Lipinski definition) is 3. The zero-order chi connectivity index (χ0) is 22.7. The molecule has 0 saturated carbocycles. The number of para-hydroxylation sites is 1. The Morgan fingerprint density at radius 1 is 1.00 bits per heavy atom. The number of pyridine rings is 1. The van der Waals surface area contributed by atoms with Gasteiger partial charge in [0.25, 0.3) is 0 Å². The number of ether oxygens (including phenoxy) is 1. The Balaban J connectivity index is 1.70. The van der Waals surface area contributed by atoms with Gasteiger partial charge in [0, 0.05) is 27.6 Å². The summed E-state index contributed by atoms with van der Waals surface area (Å²) in [6.45, 7) is 2.06. The van der Waals surface area contributed by atoms with Gasteiger partial charge in [-0.2, -0.15) is 0 Å². The molecule has 4 rings (SSSR count). The lowest BCUT2D eigenvalue weighted by molar-refractivity contribution is -0.137. The van der Waals surface area contributed by atoms with E-state index < -0.39 is 11.9 Å². The monoisotopic (exact) mass is 465 g/mol. The second-order valence-corrected chi connectivity index (χ2v) is 8.34. The summed E-state index contributed by atoms with van der Waals surface area (Å²) < 4.78 is 6.10. The van der Waals surface area contributed by atoms with Crippen LogP contribution >= 0.6 is 23.2 Å². The summed E-state index contributed by atoms with van der Waals surface area (Å²) in [4.78, 5) is 16.2. The minimum absolute atomic E-state index is 0.0851. The molecule has 0 amide bonds. The highest BCUT2D eigenvalue weighted by molar-refractivity contribution is 6.36. The minimum atomic E-state index is -0.903. The van der Waals surface area contributed by atoms with Crippen LogP contribution < -0.4 is 4.74 Å². The Labute approximate surface area is 196 Å². The molecule has 32 heavy (non-hydrogen) atoms. The van der Waals surface area contributed by atoms with Crippen molar-refractivity contribution in [3.8, 4) is 5.75 Å². The van der Waals surface area contributed by atoms with Gasteiger partial charge in [0.05, 0.1) is 11.4 Å². The predicted octanol–water partition coefficient (Wildman–Crippen LogP) is 7.04. The highest BCUT2D eigenvalue weighted by Crippen LogP contribution is 2.38. The third kappa shape index (κ3) is 4.72. The molecule has 0 bridgehead atoms. The van der Waals surface area contributed by atoms with Crippen molar-refractivity contribution < 1.29 is 14.6 Å². The number of carbonyl (C=O) groups is 1. The fourth-order valence-electron chi connectivity index (χ4n) is 3.77. The molecular weight excluding hydrogens is 445 g/mol. The van der Waals surface area contributed by atoms with Gasteiger partial charge in [0.15, 0.2) is 0 Å². The summed E-state index contributed by atoms with van der Waals surface area (Å²) in [5.41, 5.74) is 3.85. The number of fused-ring (bicyclic) bond motifs is 1. The van der Waals surface area contributed by atoms with Crippen molar-refractivity contribution in [3.63, 3.8) is 0 Å². The molecule has 1 N–H and O–H groups in total. The topological polar surface area (TPSA) is 59.4 Å². The van der Waals surface area contributed by atoms with Crippen molar-refractivity contribution >= 4 is 40.1 Å². The van der Waals surface area contributed by atoms with Crippen LogP contribution in [-0.4, -0.2) is 16.1 Å². The molecule has 0 saturated heterocycles. The number of carboxylic acids is 1. The van der Waals surface area contributed by atoms with Gasteiger partial charge in [-0.05, 0) is 36.2 Å². The van der Waals surface area contributed by atoms with Crippen LogP contribution in [0.5, 0.6) is 5.75 Å². The van der Waals surface area contributed by atoms with Crippen molar-refractivity contribution in [2.45, 2.75) is 25.9 Å². The van der Waals surface area contributed by atoms with Gasteiger partial charge in [-0.3, -0.25) is 4.79 Å². The maximum atomic E-state index is 11.6. The fourth-order valence-corrected chi connectivity index (χ4v) is 4.38. The summed E-state index contributed by atoms with van der Waals surface area (Å²) >= 11 is 13.3. The maximum Gasteiger partial charge on any atom is 0.304 e. The fraction of sp³-hybridized carbons (Fsp3) is 0.154. The van der Waals surface area contributed by atoms with Gasteiger partial charge in [-0.15, -0.1) is 0 Å². The van der Waals surface area contributed by atoms with Gasteiger partial charge < -0.3 is 9.84 Å². The highest BCUT2D eigenvalue weighted by atomic mass is 35.5. The van der Waals surface area contributed by atoms with Crippen molar-refractivity contribution in [2.24, 2.45) is 0 Å². The van der Waals surface area contributed by atoms with Crippen LogP contribution in [0.2, 0.25) is 10.0 Å². The van der Waals surface area contributed by atoms with E-state index in [1.54, 1.807) is 12.1 Å². The largest absolute Gasteiger partial charge is 0.487 e. The standard InChI is InChI=1S/C26H21Cl2NO3/c1-16-10-11-18-8-5-9-23(26(18)29-16)32-15-21-22(27)13-12-19(25(21)28)20(14-24(30)31)17-6-3-2-4-7-17/h2-13,20H,14-15H2,1H3,(H,30,31). The van der Waals surface area contributed by atoms with Crippen molar-refractivity contribution in [3.05, 3.63) is 105 Å². The average Bonchev–Trinajstić information content (AvgIpc) is 2.78. The summed E-state index contributed by atoms with van der Waals surface area (Å²) in [6, 6.07) is 22.7. The molecular formula is C26H21Cl2NO3. The molecule has 0 aliphatic heterocycles. The number of aliphatic carboxylic acids is 1. The van der Waals surface area contributed by atoms with Gasteiger partial charge in [0.1, 0.15) is 17.9 Å². The van der Waals surface area contributed by atoms with E-state index >= 15 is 0 Å². The SMILES string of the molecule is Cc1ccc2cccc(OCc3c(Cl)ccc(C(CC(=O)O)c4ccccc4)c3Cl)c2n1. The lowest BCUT2D eigenvalue weighted by Crippen LogP contribution is -2.10. The number of aryl methyl sites for hydroxylation is 1. The van der Waals surface area contributed by atoms with E-state index in [4.69, 9.17) is 27.9 Å². The number of carboxylic acid groups (broad SMARTS) is 1. The predicted molar refractivity (Wildman–Crippen MR) is 128 cm³/mol. The van der Waals surface area contributed by atoms with Crippen molar-refractivity contribution in [2.75, 3.05) is 0 Å². The van der Waals surface area contributed by atoms with Gasteiger partial charge >= 0.3 is 5.97 Å². The minimum Gasteiger partial charge on any atom is -0.487 e. The van der Waals surface area contributed by atoms with Crippen LogP contribution in [0.1, 0.15) is 34.7 Å². The molecule has 3 aromatic carbocycles. The summed E-state index contributed by atoms with van der Waals surface area (Å²) in [5.74, 6) is -0.673. The molecule has 0 radical (unpaired) electrons. The second kappa shape index (κ2) is 9.60. The van der Waals surface area contributed by atoms with Crippen LogP contribution in [0.4, 0.5) is 0 Å². The van der Waals surface area contributed by atoms with Crippen molar-refractivity contribution in [1.82, 2.24) is 4.98 Å². The summed E-state index contributed by atoms with van der Waals surface area (Å²) in [5, 5.41) is 11.3. The third-order valence-electron chi connectivity index (χ3n) is 5.37. The van der Waals surface area contributed by atoms with Crippen LogP contribution in [0.25, 0.3) is 10.9 Å². The Morgan fingerprint density at radius 3 is 2.53 bits per heavy atom. The highest BCUT2D eigenvalue weighted by Gasteiger charge is 2.23. The average molecular weight is 466 g/mol. The number of aromatic nitrogens is 1. The Kier molecular flexibility index (Phi) is 6.63. The van der Waals surface area contributed by atoms with Crippen molar-refractivity contribution in [1.29, 1.82) is 0 Å². The molecule has 0 spiro atoms. The van der Waals surface area contributed by atoms with E-state index in [1.807, 2.05) is 67.6 Å². The first-order valence-electron chi connectivity index (χ1n) is 10.2. The van der Waals surface area contributed by atoms with Crippen LogP contribution in [0.3, 0.4) is 0 Å². The summed E-state index contributed by atoms with van der Waals surface area (Å²) in [6.07, 6.45) is -0.0851. The van der Waals surface area contributed by atoms with Crippen LogP contribution in [-0.2, 0) is 11.4 Å². The molecule has 0 aliphatic carbocycles. The van der Waals surface area contributed by atoms with Crippen LogP contribution in [0, 0.1) is 6.92 Å². The molecule has 0 fully saturated rings. The van der Waals surface area contributed by atoms with E-state index in [1.165, 1.54) is 0 Å². The smallest absolute Gasteiger partial charge is 0.304 e. The zero-order valence-electron chi connectivity index (χ0n) is 17.4. The van der Waals surface area contributed by atoms with E-state index in [0.29, 0.717) is 26.9 Å². The first-order chi connectivity index (χ1) is 15.4. The first kappa shape index (κ1) is 22.1. The third-order valence-corrected chi connectivity index (χ3v) is 6.17. The van der Waals surface area contributed by atoms with E-state index in [0.717, 1.165) is 22.2 Å². The lowest BCUT2D eigenvalue weighted by Gasteiger charge is -2.20. The molecule has 0 aliphatic rings. The molecule has 4 nitrogen and oxygen atoms in total. The molecule has 162 valence electrons. The summed E-state index contributed by atoms with van der Waals surface area (Å²) in [7, 11) is 0. The number of hydrogen-bond donors (Lipinski definition) is 1. The first-order valence-corrected chi connectivity index (χ1v) is 10.9. The zero-order valence-corrected chi connectivity index (χ0v) is 18.9. The number of halogens is 2. The van der Waals surface area contributed by atoms with E-state index in [-0.39, 0.29) is 13.0 Å². The second-order valence-electron chi connectivity index (χ2n) is 7.56. The normalized spacial score (nSPS) is 12.0. The Morgan fingerprint density at radius 2 is 1.78 bits per heavy atom. The Hall–Kier alpha value is -3.08. The molecule has 1 aromatic heterocycles. The number of benzene rings is 3. The molecule has 4 aromatic rings. The molecule has 6 heteroatoms. The molecule has 1 unspecified atom stereocenters. The number of rotatable bonds is 7. The maximum absolute atomic E-state index is 11.6. The van der Waals surface area contributed by atoms with Gasteiger partial charge in [-0.1, -0.05) is 77.8 Å². The lowest BCUT2D eigenvalue weighted by atomic mass is 9.87. The van der Waals surface area contributed by atoms with Gasteiger partial charge in [0.2, 0.25) is 0 Å². The Bertz CT molecular complexity index is 1280. The van der Waals surface area contributed by atoms with E-state index in [9.17, 15) is 9.90 Å². The quantitative estimate of drug-likeness (QED) is 0.318. The number of nitrogens with zero attached hydrogens (tertiary/aromatic N) is 1. The van der Waals surface area contributed by atoms with E-state index in [2.05, 4.69) is 4.98 Å². The van der Waals surface area contributed by atoms with Gasteiger partial charge in [-0.25, -0.2) is 4.98 Å². The molecule has 1 heterocycles. The van der Waals surface area contributed by atoms with Crippen LogP contribution in [0.15, 0.2) is 72.8 Å². The molecule has 1 atom stereocenters.